The minimum absolute atomic E-state index is 0.0193. The van der Waals surface area contributed by atoms with Gasteiger partial charge in [0, 0.05) is 12.5 Å². The van der Waals surface area contributed by atoms with Gasteiger partial charge in [0.2, 0.25) is 0 Å². The molecule has 0 aliphatic rings. The number of unbranched alkanes of at least 4 members (excludes halogenated alkanes) is 3. The summed E-state index contributed by atoms with van der Waals surface area (Å²) in [5.74, 6) is -0.0193. The standard InChI is InChI=1S/C11H24O2.C3H10BNO2/c1-4-5-6-7-8-11(3,13)10(2)9-12;5-3-1-2-4(6)7/h10,12-13H,4-9H2,1-3H3;6-7H,1-3,5H2. The van der Waals surface area contributed by atoms with Crippen molar-refractivity contribution in [1.29, 1.82) is 0 Å². The Morgan fingerprint density at radius 1 is 1.15 bits per heavy atom. The first kappa shape index (κ1) is 22.2. The highest BCUT2D eigenvalue weighted by Crippen LogP contribution is 2.23. The summed E-state index contributed by atoms with van der Waals surface area (Å²) in [6, 6.07) is 0. The monoisotopic (exact) mass is 291 g/mol. The van der Waals surface area contributed by atoms with Crippen LogP contribution in [0.15, 0.2) is 0 Å². The molecule has 0 aliphatic heterocycles. The predicted molar refractivity (Wildman–Crippen MR) is 84.3 cm³/mol. The van der Waals surface area contributed by atoms with E-state index >= 15 is 0 Å². The predicted octanol–water partition coefficient (Wildman–Crippen LogP) is 1.14. The van der Waals surface area contributed by atoms with E-state index in [2.05, 4.69) is 6.92 Å². The highest BCUT2D eigenvalue weighted by Gasteiger charge is 2.26. The third kappa shape index (κ3) is 14.3. The van der Waals surface area contributed by atoms with Gasteiger partial charge >= 0.3 is 7.12 Å². The Kier molecular flexibility index (Phi) is 15.3. The van der Waals surface area contributed by atoms with E-state index in [1.54, 1.807) is 0 Å². The molecule has 20 heavy (non-hydrogen) atoms. The number of hydrogen-bond acceptors (Lipinski definition) is 5. The summed E-state index contributed by atoms with van der Waals surface area (Å²) in [5, 5.41) is 35.2. The van der Waals surface area contributed by atoms with Gasteiger partial charge in [0.15, 0.2) is 0 Å². The van der Waals surface area contributed by atoms with E-state index in [4.69, 9.17) is 20.9 Å². The van der Waals surface area contributed by atoms with Gasteiger partial charge < -0.3 is 26.0 Å². The first-order chi connectivity index (χ1) is 9.31. The van der Waals surface area contributed by atoms with Gasteiger partial charge in [-0.3, -0.25) is 0 Å². The SMILES string of the molecule is CCCCCCC(C)(O)C(C)CO.NCCCB(O)O. The van der Waals surface area contributed by atoms with Crippen LogP contribution in [0.3, 0.4) is 0 Å². The molecule has 0 aromatic rings. The first-order valence-corrected chi connectivity index (χ1v) is 7.71. The van der Waals surface area contributed by atoms with Gasteiger partial charge in [-0.05, 0) is 32.6 Å². The molecule has 2 unspecified atom stereocenters. The second kappa shape index (κ2) is 13.8. The topological polar surface area (TPSA) is 107 Å². The molecule has 122 valence electrons. The molecule has 0 saturated carbocycles. The second-order valence-electron chi connectivity index (χ2n) is 5.66. The molecule has 0 rings (SSSR count). The molecule has 0 fully saturated rings. The Balaban J connectivity index is 0. The molecular weight excluding hydrogens is 257 g/mol. The average molecular weight is 291 g/mol. The molecular formula is C14H34BNO4. The lowest BCUT2D eigenvalue weighted by Crippen LogP contribution is -2.34. The lowest BCUT2D eigenvalue weighted by molar-refractivity contribution is -0.0247. The van der Waals surface area contributed by atoms with Gasteiger partial charge in [0.1, 0.15) is 0 Å². The summed E-state index contributed by atoms with van der Waals surface area (Å²) in [6.45, 7) is 6.48. The number of nitrogens with two attached hydrogens (primary N) is 1. The molecule has 5 nitrogen and oxygen atoms in total. The van der Waals surface area contributed by atoms with Crippen molar-refractivity contribution in [3.8, 4) is 0 Å². The smallest absolute Gasteiger partial charge is 0.427 e. The molecule has 0 heterocycles. The largest absolute Gasteiger partial charge is 0.451 e. The van der Waals surface area contributed by atoms with E-state index in [1.165, 1.54) is 19.3 Å². The van der Waals surface area contributed by atoms with Crippen molar-refractivity contribution < 1.29 is 20.3 Å². The molecule has 0 aliphatic carbocycles. The van der Waals surface area contributed by atoms with Crippen molar-refractivity contribution in [2.24, 2.45) is 11.7 Å². The summed E-state index contributed by atoms with van der Waals surface area (Å²) < 4.78 is 0. The lowest BCUT2D eigenvalue weighted by atomic mass is 9.85. The summed E-state index contributed by atoms with van der Waals surface area (Å²) in [4.78, 5) is 0. The fourth-order valence-electron chi connectivity index (χ4n) is 1.65. The number of aliphatic hydroxyl groups is 2. The number of aliphatic hydroxyl groups excluding tert-OH is 1. The molecule has 6 heteroatoms. The van der Waals surface area contributed by atoms with Gasteiger partial charge in [-0.2, -0.15) is 0 Å². The van der Waals surface area contributed by atoms with Gasteiger partial charge in [-0.15, -0.1) is 0 Å². The summed E-state index contributed by atoms with van der Waals surface area (Å²) >= 11 is 0. The molecule has 0 aromatic heterocycles. The van der Waals surface area contributed by atoms with Crippen molar-refractivity contribution in [1.82, 2.24) is 0 Å². The van der Waals surface area contributed by atoms with Crippen molar-refractivity contribution in [3.63, 3.8) is 0 Å². The van der Waals surface area contributed by atoms with Crippen molar-refractivity contribution in [3.05, 3.63) is 0 Å². The Bertz CT molecular complexity index is 204. The van der Waals surface area contributed by atoms with E-state index in [-0.39, 0.29) is 12.5 Å². The maximum atomic E-state index is 9.92. The number of hydrogen-bond donors (Lipinski definition) is 5. The molecule has 2 atom stereocenters. The van der Waals surface area contributed by atoms with Crippen LogP contribution in [0.4, 0.5) is 0 Å². The molecule has 0 aromatic carbocycles. The Morgan fingerprint density at radius 3 is 2.10 bits per heavy atom. The van der Waals surface area contributed by atoms with Crippen molar-refractivity contribution >= 4 is 7.12 Å². The Morgan fingerprint density at radius 2 is 1.75 bits per heavy atom. The van der Waals surface area contributed by atoms with Crippen LogP contribution in [0.5, 0.6) is 0 Å². The molecule has 0 saturated heterocycles. The van der Waals surface area contributed by atoms with E-state index < -0.39 is 12.7 Å². The van der Waals surface area contributed by atoms with Crippen molar-refractivity contribution in [2.45, 2.75) is 71.2 Å². The summed E-state index contributed by atoms with van der Waals surface area (Å²) in [5.41, 5.74) is 4.36. The third-order valence-electron chi connectivity index (χ3n) is 3.54. The highest BCUT2D eigenvalue weighted by molar-refractivity contribution is 6.40. The normalized spacial score (nSPS) is 15.0. The van der Waals surface area contributed by atoms with Gasteiger partial charge in [-0.1, -0.05) is 39.5 Å². The molecule has 0 spiro atoms. The van der Waals surface area contributed by atoms with Gasteiger partial charge in [-0.25, -0.2) is 0 Å². The quantitative estimate of drug-likeness (QED) is 0.306. The van der Waals surface area contributed by atoms with Crippen LogP contribution in [0.25, 0.3) is 0 Å². The average Bonchev–Trinajstić information content (AvgIpc) is 2.41. The van der Waals surface area contributed by atoms with Crippen LogP contribution in [0.1, 0.15) is 59.3 Å². The zero-order chi connectivity index (χ0) is 16.0. The minimum atomic E-state index is -1.18. The fourth-order valence-corrected chi connectivity index (χ4v) is 1.65. The third-order valence-corrected chi connectivity index (χ3v) is 3.54. The summed E-state index contributed by atoms with van der Waals surface area (Å²) in [7, 11) is -1.18. The van der Waals surface area contributed by atoms with Crippen molar-refractivity contribution in [2.75, 3.05) is 13.2 Å². The minimum Gasteiger partial charge on any atom is -0.427 e. The molecule has 0 radical (unpaired) electrons. The van der Waals surface area contributed by atoms with Crippen LogP contribution in [0, 0.1) is 5.92 Å². The lowest BCUT2D eigenvalue weighted by Gasteiger charge is -2.29. The highest BCUT2D eigenvalue weighted by atomic mass is 16.4. The van der Waals surface area contributed by atoms with Gasteiger partial charge in [0.25, 0.3) is 0 Å². The van der Waals surface area contributed by atoms with Gasteiger partial charge in [0.05, 0.1) is 5.60 Å². The molecule has 6 N–H and O–H groups in total. The maximum Gasteiger partial charge on any atom is 0.451 e. The van der Waals surface area contributed by atoms with Crippen LogP contribution >= 0.6 is 0 Å². The first-order valence-electron chi connectivity index (χ1n) is 7.71. The molecule has 0 amide bonds. The van der Waals surface area contributed by atoms with Crippen LogP contribution < -0.4 is 5.73 Å². The van der Waals surface area contributed by atoms with E-state index in [0.29, 0.717) is 19.3 Å². The van der Waals surface area contributed by atoms with Crippen LogP contribution in [0.2, 0.25) is 6.32 Å². The number of rotatable bonds is 10. The zero-order valence-electron chi connectivity index (χ0n) is 13.4. The fraction of sp³-hybridized carbons (Fsp3) is 1.00. The molecule has 0 bridgehead atoms. The maximum absolute atomic E-state index is 9.92. The van der Waals surface area contributed by atoms with Crippen LogP contribution in [-0.2, 0) is 0 Å². The Hall–Kier alpha value is -0.135. The summed E-state index contributed by atoms with van der Waals surface area (Å²) in [6.07, 6.45) is 6.57. The zero-order valence-corrected chi connectivity index (χ0v) is 13.4. The van der Waals surface area contributed by atoms with E-state index in [0.717, 1.165) is 12.8 Å². The van der Waals surface area contributed by atoms with E-state index in [9.17, 15) is 5.11 Å². The second-order valence-corrected chi connectivity index (χ2v) is 5.66. The van der Waals surface area contributed by atoms with Crippen LogP contribution in [-0.4, -0.2) is 46.1 Å². The Labute approximate surface area is 124 Å². The van der Waals surface area contributed by atoms with E-state index in [1.807, 2.05) is 13.8 Å².